The third-order valence-corrected chi connectivity index (χ3v) is 1.62. The van der Waals surface area contributed by atoms with Crippen molar-refractivity contribution in [3.05, 3.63) is 28.0 Å². The van der Waals surface area contributed by atoms with Gasteiger partial charge in [0.2, 0.25) is 0 Å². The van der Waals surface area contributed by atoms with Gasteiger partial charge in [-0.15, -0.1) is 0 Å². The molecule has 0 spiro atoms. The van der Waals surface area contributed by atoms with E-state index in [4.69, 9.17) is 28.3 Å². The van der Waals surface area contributed by atoms with E-state index < -0.39 is 0 Å². The first-order valence-electron chi connectivity index (χ1n) is 3.15. The summed E-state index contributed by atoms with van der Waals surface area (Å²) in [6.07, 6.45) is 1.44. The first-order valence-corrected chi connectivity index (χ1v) is 3.90. The number of rotatable bonds is 0. The van der Waals surface area contributed by atoms with Crippen LogP contribution in [-0.4, -0.2) is 16.7 Å². The highest BCUT2D eigenvalue weighted by atomic mass is 35.5. The van der Waals surface area contributed by atoms with E-state index in [2.05, 4.69) is 16.8 Å². The molecule has 1 rings (SSSR count). The minimum atomic E-state index is -0.206. The Bertz CT molecular complexity index is 341. The summed E-state index contributed by atoms with van der Waals surface area (Å²) < 4.78 is 0. The molecule has 0 aliphatic heterocycles. The second-order valence-corrected chi connectivity index (χ2v) is 2.75. The van der Waals surface area contributed by atoms with Crippen molar-refractivity contribution < 1.29 is 5.11 Å². The van der Waals surface area contributed by atoms with Crippen molar-refractivity contribution in [1.29, 1.82) is 0 Å². The smallest absolute Gasteiger partial charge is 0.144 e. The predicted molar refractivity (Wildman–Crippen MR) is 48.2 cm³/mol. The lowest BCUT2D eigenvalue weighted by Crippen LogP contribution is -1.82. The lowest BCUT2D eigenvalue weighted by molar-refractivity contribution is 0.350. The van der Waals surface area contributed by atoms with Crippen LogP contribution in [0.4, 0.5) is 0 Å². The predicted octanol–water partition coefficient (Wildman–Crippen LogP) is 1.73. The topological polar surface area (TPSA) is 33.1 Å². The number of aliphatic hydroxyl groups is 1. The molecule has 1 aromatic rings. The molecule has 62 valence electrons. The van der Waals surface area contributed by atoms with Gasteiger partial charge in [-0.25, -0.2) is 4.98 Å². The molecule has 0 fully saturated rings. The lowest BCUT2D eigenvalue weighted by atomic mass is 10.3. The van der Waals surface area contributed by atoms with Gasteiger partial charge in [-0.2, -0.15) is 0 Å². The number of hydrogen-bond donors (Lipinski definition) is 1. The Labute approximate surface area is 80.1 Å². The van der Waals surface area contributed by atoms with Crippen molar-refractivity contribution in [3.8, 4) is 11.8 Å². The van der Waals surface area contributed by atoms with Crippen LogP contribution in [0.2, 0.25) is 10.2 Å². The van der Waals surface area contributed by atoms with Crippen LogP contribution < -0.4 is 0 Å². The molecule has 0 unspecified atom stereocenters. The maximum atomic E-state index is 8.42. The van der Waals surface area contributed by atoms with Gasteiger partial charge in [-0.05, 0) is 6.07 Å². The minimum absolute atomic E-state index is 0.206. The Morgan fingerprint density at radius 1 is 1.50 bits per heavy atom. The van der Waals surface area contributed by atoms with Crippen LogP contribution in [-0.2, 0) is 0 Å². The highest BCUT2D eigenvalue weighted by molar-refractivity contribution is 6.32. The zero-order valence-corrected chi connectivity index (χ0v) is 7.52. The molecule has 0 aromatic carbocycles. The monoisotopic (exact) mass is 201 g/mol. The van der Waals surface area contributed by atoms with E-state index in [1.165, 1.54) is 6.20 Å². The minimum Gasteiger partial charge on any atom is -0.384 e. The summed E-state index contributed by atoms with van der Waals surface area (Å²) in [5.74, 6) is 5.08. The van der Waals surface area contributed by atoms with Gasteiger partial charge >= 0.3 is 0 Å². The highest BCUT2D eigenvalue weighted by Gasteiger charge is 1.98. The summed E-state index contributed by atoms with van der Waals surface area (Å²) in [4.78, 5) is 3.78. The van der Waals surface area contributed by atoms with E-state index in [0.29, 0.717) is 15.7 Å². The fourth-order valence-electron chi connectivity index (χ4n) is 0.645. The van der Waals surface area contributed by atoms with Crippen LogP contribution in [0.5, 0.6) is 0 Å². The summed E-state index contributed by atoms with van der Waals surface area (Å²) in [6, 6.07) is 1.60. The van der Waals surface area contributed by atoms with Gasteiger partial charge in [-0.3, -0.25) is 0 Å². The Morgan fingerprint density at radius 2 is 2.25 bits per heavy atom. The largest absolute Gasteiger partial charge is 0.384 e. The molecule has 0 aliphatic rings. The molecule has 0 saturated carbocycles. The molecule has 0 saturated heterocycles. The molecule has 1 heterocycles. The molecule has 0 atom stereocenters. The molecule has 1 aromatic heterocycles. The van der Waals surface area contributed by atoms with Crippen LogP contribution in [0.15, 0.2) is 12.3 Å². The van der Waals surface area contributed by atoms with Gasteiger partial charge in [-0.1, -0.05) is 35.0 Å². The highest BCUT2D eigenvalue weighted by Crippen LogP contribution is 2.15. The summed E-state index contributed by atoms with van der Waals surface area (Å²) >= 11 is 11.3. The average molecular weight is 202 g/mol. The van der Waals surface area contributed by atoms with Crippen molar-refractivity contribution in [2.45, 2.75) is 0 Å². The molecule has 1 N–H and O–H groups in total. The fraction of sp³-hybridized carbons (Fsp3) is 0.125. The van der Waals surface area contributed by atoms with E-state index >= 15 is 0 Å². The molecule has 0 bridgehead atoms. The van der Waals surface area contributed by atoms with Crippen molar-refractivity contribution in [2.75, 3.05) is 6.61 Å². The molecular weight excluding hydrogens is 197 g/mol. The van der Waals surface area contributed by atoms with Gasteiger partial charge in [0.1, 0.15) is 11.8 Å². The molecule has 0 aliphatic carbocycles. The maximum absolute atomic E-state index is 8.42. The molecule has 0 amide bonds. The molecule has 4 heteroatoms. The maximum Gasteiger partial charge on any atom is 0.144 e. The van der Waals surface area contributed by atoms with E-state index in [1.807, 2.05) is 0 Å². The number of aromatic nitrogens is 1. The van der Waals surface area contributed by atoms with Crippen LogP contribution in [0.3, 0.4) is 0 Å². The Hall–Kier alpha value is -0.750. The van der Waals surface area contributed by atoms with Gasteiger partial charge < -0.3 is 5.11 Å². The zero-order chi connectivity index (χ0) is 8.97. The molecule has 2 nitrogen and oxygen atoms in total. The average Bonchev–Trinajstić information content (AvgIpc) is 2.07. The standard InChI is InChI=1S/C8H5Cl2NO/c9-7-4-6(2-1-3-12)8(10)11-5-7/h4-5,12H,3H2. The summed E-state index contributed by atoms with van der Waals surface area (Å²) in [6.45, 7) is -0.206. The fourth-order valence-corrected chi connectivity index (χ4v) is 0.953. The summed E-state index contributed by atoms with van der Waals surface area (Å²) in [5, 5.41) is 9.18. The van der Waals surface area contributed by atoms with Crippen molar-refractivity contribution >= 4 is 23.2 Å². The molecule has 12 heavy (non-hydrogen) atoms. The molecular formula is C8H5Cl2NO. The van der Waals surface area contributed by atoms with Crippen molar-refractivity contribution in [1.82, 2.24) is 4.98 Å². The first kappa shape index (κ1) is 9.34. The second kappa shape index (κ2) is 4.32. The van der Waals surface area contributed by atoms with E-state index in [9.17, 15) is 0 Å². The molecule has 0 radical (unpaired) electrons. The number of hydrogen-bond acceptors (Lipinski definition) is 2. The van der Waals surface area contributed by atoms with Gasteiger partial charge in [0, 0.05) is 6.20 Å². The van der Waals surface area contributed by atoms with Gasteiger partial charge in [0.05, 0.1) is 10.6 Å². The Morgan fingerprint density at radius 3 is 2.92 bits per heavy atom. The van der Waals surface area contributed by atoms with Crippen molar-refractivity contribution in [3.63, 3.8) is 0 Å². The summed E-state index contributed by atoms with van der Waals surface area (Å²) in [7, 11) is 0. The summed E-state index contributed by atoms with van der Waals surface area (Å²) in [5.41, 5.74) is 0.526. The van der Waals surface area contributed by atoms with Crippen LogP contribution in [0.1, 0.15) is 5.56 Å². The Kier molecular flexibility index (Phi) is 3.36. The van der Waals surface area contributed by atoms with Crippen LogP contribution >= 0.6 is 23.2 Å². The lowest BCUT2D eigenvalue weighted by Gasteiger charge is -1.94. The normalized spacial score (nSPS) is 8.92. The third-order valence-electron chi connectivity index (χ3n) is 1.11. The quantitative estimate of drug-likeness (QED) is 0.513. The Balaban J connectivity index is 3.05. The number of pyridine rings is 1. The van der Waals surface area contributed by atoms with Crippen LogP contribution in [0, 0.1) is 11.8 Å². The van der Waals surface area contributed by atoms with E-state index in [1.54, 1.807) is 6.07 Å². The number of aliphatic hydroxyl groups excluding tert-OH is 1. The first-order chi connectivity index (χ1) is 5.74. The number of halogens is 2. The second-order valence-electron chi connectivity index (χ2n) is 1.95. The SMILES string of the molecule is OCC#Cc1cc(Cl)cnc1Cl. The van der Waals surface area contributed by atoms with Gasteiger partial charge in [0.25, 0.3) is 0 Å². The van der Waals surface area contributed by atoms with Crippen LogP contribution in [0.25, 0.3) is 0 Å². The van der Waals surface area contributed by atoms with Gasteiger partial charge in [0.15, 0.2) is 0 Å². The van der Waals surface area contributed by atoms with E-state index in [0.717, 1.165) is 0 Å². The number of nitrogens with zero attached hydrogens (tertiary/aromatic N) is 1. The van der Waals surface area contributed by atoms with E-state index in [-0.39, 0.29) is 6.61 Å². The van der Waals surface area contributed by atoms with Crippen molar-refractivity contribution in [2.24, 2.45) is 0 Å². The third kappa shape index (κ3) is 2.38. The zero-order valence-electron chi connectivity index (χ0n) is 6.01.